The molecule has 202 valence electrons. The Morgan fingerprint density at radius 2 is 1.41 bits per heavy atom. The summed E-state index contributed by atoms with van der Waals surface area (Å²) >= 11 is 0. The standard InChI is InChI=1S/C28H40N4O5/c33-24(32-37)5-3-1-2-4-10-29-27(36)22-6-8-23(9-7-22)31-26(35)18-30-25(34)17-28-14-19-11-20(15-28)13-21(12-19)16-28/h6-9,19-21,37H,1-5,10-18H2,(H,29,36)(H,30,34)(H,31,35)(H,32,33). The van der Waals surface area contributed by atoms with E-state index in [4.69, 9.17) is 5.21 Å². The molecule has 5 rings (SSSR count). The first-order valence-electron chi connectivity index (χ1n) is 13.7. The Labute approximate surface area is 218 Å². The Kier molecular flexibility index (Phi) is 9.18. The third-order valence-electron chi connectivity index (χ3n) is 8.32. The second-order valence-corrected chi connectivity index (χ2v) is 11.5. The van der Waals surface area contributed by atoms with Crippen LogP contribution in [0.4, 0.5) is 5.69 Å². The van der Waals surface area contributed by atoms with E-state index in [1.54, 1.807) is 29.7 Å². The van der Waals surface area contributed by atoms with E-state index in [0.717, 1.165) is 37.0 Å². The molecule has 4 amide bonds. The number of carbonyl (C=O) groups excluding carboxylic acids is 4. The van der Waals surface area contributed by atoms with Crippen LogP contribution in [-0.4, -0.2) is 41.9 Å². The molecule has 1 aromatic carbocycles. The van der Waals surface area contributed by atoms with Crippen molar-refractivity contribution in [3.63, 3.8) is 0 Å². The average Bonchev–Trinajstić information content (AvgIpc) is 2.86. The average molecular weight is 513 g/mol. The number of carbonyl (C=O) groups is 4. The summed E-state index contributed by atoms with van der Waals surface area (Å²) in [5.41, 5.74) is 2.84. The molecule has 0 heterocycles. The normalized spacial score (nSPS) is 25.4. The summed E-state index contributed by atoms with van der Waals surface area (Å²) in [5.74, 6) is 1.51. The zero-order chi connectivity index (χ0) is 26.3. The lowest BCUT2D eigenvalue weighted by molar-refractivity contribution is -0.131. The predicted octanol–water partition coefficient (Wildman–Crippen LogP) is 3.53. The summed E-state index contributed by atoms with van der Waals surface area (Å²) in [7, 11) is 0. The first kappa shape index (κ1) is 27.1. The van der Waals surface area contributed by atoms with Crippen LogP contribution in [-0.2, 0) is 14.4 Å². The molecule has 1 aromatic rings. The topological polar surface area (TPSA) is 137 Å². The van der Waals surface area contributed by atoms with Crippen molar-refractivity contribution in [1.29, 1.82) is 0 Å². The molecule has 37 heavy (non-hydrogen) atoms. The van der Waals surface area contributed by atoms with Crippen molar-refractivity contribution in [3.8, 4) is 0 Å². The SMILES string of the molecule is O=C(CCCCCCNC(=O)c1ccc(NC(=O)CNC(=O)CC23CC4CC(CC(C4)C2)C3)cc1)NO. The molecule has 0 aliphatic heterocycles. The van der Waals surface area contributed by atoms with Crippen LogP contribution in [0.1, 0.15) is 87.4 Å². The van der Waals surface area contributed by atoms with Gasteiger partial charge in [0.1, 0.15) is 0 Å². The smallest absolute Gasteiger partial charge is 0.251 e. The summed E-state index contributed by atoms with van der Waals surface area (Å²) in [6.07, 6.45) is 11.6. The van der Waals surface area contributed by atoms with Gasteiger partial charge in [-0.15, -0.1) is 0 Å². The minimum atomic E-state index is -0.384. The highest BCUT2D eigenvalue weighted by molar-refractivity contribution is 5.97. The molecule has 4 fully saturated rings. The molecule has 0 aromatic heterocycles. The van der Waals surface area contributed by atoms with Crippen LogP contribution in [0, 0.1) is 23.2 Å². The van der Waals surface area contributed by atoms with Crippen LogP contribution in [0.25, 0.3) is 0 Å². The molecular weight excluding hydrogens is 472 g/mol. The van der Waals surface area contributed by atoms with Crippen molar-refractivity contribution in [2.24, 2.45) is 23.2 Å². The maximum absolute atomic E-state index is 12.6. The Balaban J connectivity index is 1.11. The molecule has 4 saturated carbocycles. The van der Waals surface area contributed by atoms with Gasteiger partial charge in [-0.25, -0.2) is 5.48 Å². The van der Waals surface area contributed by atoms with Gasteiger partial charge in [0.2, 0.25) is 17.7 Å². The van der Waals surface area contributed by atoms with Crippen molar-refractivity contribution in [2.45, 2.75) is 77.0 Å². The third kappa shape index (κ3) is 7.77. The molecule has 9 heteroatoms. The maximum atomic E-state index is 12.6. The first-order chi connectivity index (χ1) is 17.8. The molecule has 0 radical (unpaired) electrons. The molecule has 4 aliphatic rings. The summed E-state index contributed by atoms with van der Waals surface area (Å²) in [6.45, 7) is 0.477. The summed E-state index contributed by atoms with van der Waals surface area (Å²) in [5, 5.41) is 16.9. The van der Waals surface area contributed by atoms with E-state index in [1.807, 2.05) is 0 Å². The van der Waals surface area contributed by atoms with Crippen molar-refractivity contribution in [1.82, 2.24) is 16.1 Å². The predicted molar refractivity (Wildman–Crippen MR) is 139 cm³/mol. The minimum Gasteiger partial charge on any atom is -0.352 e. The Morgan fingerprint density at radius 1 is 0.784 bits per heavy atom. The molecule has 4 aliphatic carbocycles. The van der Waals surface area contributed by atoms with E-state index < -0.39 is 0 Å². The van der Waals surface area contributed by atoms with E-state index in [1.165, 1.54) is 38.5 Å². The van der Waals surface area contributed by atoms with Crippen LogP contribution in [0.15, 0.2) is 24.3 Å². The number of anilines is 1. The molecule has 0 atom stereocenters. The highest BCUT2D eigenvalue weighted by atomic mass is 16.5. The molecule has 0 saturated heterocycles. The zero-order valence-electron chi connectivity index (χ0n) is 21.5. The van der Waals surface area contributed by atoms with Crippen molar-refractivity contribution in [2.75, 3.05) is 18.4 Å². The zero-order valence-corrected chi connectivity index (χ0v) is 21.5. The van der Waals surface area contributed by atoms with Crippen LogP contribution >= 0.6 is 0 Å². The van der Waals surface area contributed by atoms with E-state index >= 15 is 0 Å². The van der Waals surface area contributed by atoms with Crippen LogP contribution in [0.5, 0.6) is 0 Å². The second kappa shape index (κ2) is 12.5. The van der Waals surface area contributed by atoms with Gasteiger partial charge >= 0.3 is 0 Å². The van der Waals surface area contributed by atoms with E-state index in [0.29, 0.717) is 37.1 Å². The van der Waals surface area contributed by atoms with Gasteiger partial charge in [0, 0.05) is 30.6 Å². The number of hydrogen-bond acceptors (Lipinski definition) is 5. The van der Waals surface area contributed by atoms with E-state index in [2.05, 4.69) is 16.0 Å². The molecule has 4 bridgehead atoms. The van der Waals surface area contributed by atoms with Gasteiger partial charge in [-0.3, -0.25) is 24.4 Å². The number of unbranched alkanes of at least 4 members (excludes halogenated alkanes) is 3. The largest absolute Gasteiger partial charge is 0.352 e. The van der Waals surface area contributed by atoms with Gasteiger partial charge in [-0.05, 0) is 98.8 Å². The number of rotatable bonds is 13. The number of amides is 4. The molecular formula is C28H40N4O5. The maximum Gasteiger partial charge on any atom is 0.251 e. The number of nitrogens with one attached hydrogen (secondary N) is 4. The third-order valence-corrected chi connectivity index (χ3v) is 8.32. The van der Waals surface area contributed by atoms with Crippen LogP contribution < -0.4 is 21.4 Å². The molecule has 9 nitrogen and oxygen atoms in total. The molecule has 5 N–H and O–H groups in total. The Hall–Kier alpha value is -2.94. The van der Waals surface area contributed by atoms with Gasteiger partial charge in [-0.1, -0.05) is 12.8 Å². The number of hydroxylamine groups is 1. The van der Waals surface area contributed by atoms with Gasteiger partial charge in [0.25, 0.3) is 5.91 Å². The fourth-order valence-corrected chi connectivity index (χ4v) is 7.12. The van der Waals surface area contributed by atoms with E-state index in [9.17, 15) is 19.2 Å². The number of benzene rings is 1. The van der Waals surface area contributed by atoms with Gasteiger partial charge in [-0.2, -0.15) is 0 Å². The summed E-state index contributed by atoms with van der Waals surface area (Å²) in [6, 6.07) is 6.67. The van der Waals surface area contributed by atoms with Crippen molar-refractivity contribution < 1.29 is 24.4 Å². The van der Waals surface area contributed by atoms with Crippen LogP contribution in [0.3, 0.4) is 0 Å². The lowest BCUT2D eigenvalue weighted by Crippen LogP contribution is -2.48. The van der Waals surface area contributed by atoms with E-state index in [-0.39, 0.29) is 35.6 Å². The second-order valence-electron chi connectivity index (χ2n) is 11.5. The van der Waals surface area contributed by atoms with Gasteiger partial charge in [0.15, 0.2) is 0 Å². The fourth-order valence-electron chi connectivity index (χ4n) is 7.12. The number of hydrogen-bond donors (Lipinski definition) is 5. The molecule has 0 spiro atoms. The lowest BCUT2D eigenvalue weighted by atomic mass is 9.49. The van der Waals surface area contributed by atoms with Crippen LogP contribution in [0.2, 0.25) is 0 Å². The lowest BCUT2D eigenvalue weighted by Gasteiger charge is -2.56. The fraction of sp³-hybridized carbons (Fsp3) is 0.643. The molecule has 0 unspecified atom stereocenters. The Bertz CT molecular complexity index is 942. The monoisotopic (exact) mass is 512 g/mol. The van der Waals surface area contributed by atoms with Gasteiger partial charge in [0.05, 0.1) is 6.54 Å². The van der Waals surface area contributed by atoms with Crippen molar-refractivity contribution >= 4 is 29.3 Å². The Morgan fingerprint density at radius 3 is 2.03 bits per heavy atom. The minimum absolute atomic E-state index is 0.0280. The van der Waals surface area contributed by atoms with Gasteiger partial charge < -0.3 is 16.0 Å². The van der Waals surface area contributed by atoms with Crippen molar-refractivity contribution in [3.05, 3.63) is 29.8 Å². The highest BCUT2D eigenvalue weighted by Crippen LogP contribution is 2.61. The highest BCUT2D eigenvalue weighted by Gasteiger charge is 2.51. The first-order valence-corrected chi connectivity index (χ1v) is 13.7. The quantitative estimate of drug-likeness (QED) is 0.156. The summed E-state index contributed by atoms with van der Waals surface area (Å²) < 4.78 is 0. The summed E-state index contributed by atoms with van der Waals surface area (Å²) in [4.78, 5) is 48.3.